The normalized spacial score (nSPS) is 11.1. The molecule has 0 heterocycles. The van der Waals surface area contributed by atoms with E-state index in [1.54, 1.807) is 36.4 Å². The minimum Gasteiger partial charge on any atom is -0.507 e. The van der Waals surface area contributed by atoms with Crippen LogP contribution in [-0.4, -0.2) is 38.0 Å². The van der Waals surface area contributed by atoms with Crippen LogP contribution in [0.2, 0.25) is 0 Å². The molecule has 0 aliphatic carbocycles. The van der Waals surface area contributed by atoms with Crippen molar-refractivity contribution in [1.29, 1.82) is 0 Å². The van der Waals surface area contributed by atoms with E-state index in [1.165, 1.54) is 6.07 Å². The zero-order valence-corrected chi connectivity index (χ0v) is 14.3. The fraction of sp³-hybridized carbons (Fsp3) is 0.235. The molecular formula is C17H19NO5S. The van der Waals surface area contributed by atoms with Gasteiger partial charge in [0.15, 0.2) is 9.84 Å². The first-order valence-corrected chi connectivity index (χ1v) is 9.32. The number of carbonyl (C=O) groups excluding carboxylic acids is 1. The van der Waals surface area contributed by atoms with Crippen LogP contribution in [-0.2, 0) is 9.84 Å². The zero-order valence-electron chi connectivity index (χ0n) is 13.4. The van der Waals surface area contributed by atoms with E-state index < -0.39 is 15.7 Å². The van der Waals surface area contributed by atoms with Crippen molar-refractivity contribution in [3.8, 4) is 11.5 Å². The highest BCUT2D eigenvalue weighted by atomic mass is 32.2. The molecule has 0 fully saturated rings. The lowest BCUT2D eigenvalue weighted by Crippen LogP contribution is -2.13. The predicted octanol–water partition coefficient (Wildman–Crippen LogP) is 2.38. The van der Waals surface area contributed by atoms with Crippen LogP contribution in [0.1, 0.15) is 15.9 Å². The quantitative estimate of drug-likeness (QED) is 0.835. The number of ether oxygens (including phenoxy) is 1. The molecular weight excluding hydrogens is 330 g/mol. The molecule has 0 atom stereocenters. The number of aryl methyl sites for hydroxylation is 1. The molecule has 7 heteroatoms. The lowest BCUT2D eigenvalue weighted by atomic mass is 10.1. The van der Waals surface area contributed by atoms with Gasteiger partial charge in [-0.25, -0.2) is 8.42 Å². The van der Waals surface area contributed by atoms with Crippen LogP contribution < -0.4 is 10.1 Å². The van der Waals surface area contributed by atoms with Crippen LogP contribution in [0.5, 0.6) is 11.5 Å². The number of nitrogens with one attached hydrogen (secondary N) is 1. The summed E-state index contributed by atoms with van der Waals surface area (Å²) in [6, 6.07) is 11.4. The zero-order chi connectivity index (χ0) is 17.7. The van der Waals surface area contributed by atoms with Gasteiger partial charge in [-0.15, -0.1) is 0 Å². The third kappa shape index (κ3) is 5.27. The summed E-state index contributed by atoms with van der Waals surface area (Å²) >= 11 is 0. The number of rotatable bonds is 6. The van der Waals surface area contributed by atoms with Crippen LogP contribution in [0.3, 0.4) is 0 Å². The number of phenols is 1. The molecule has 0 aliphatic rings. The Bertz CT molecular complexity index is 846. The van der Waals surface area contributed by atoms with Gasteiger partial charge >= 0.3 is 0 Å². The number of sulfone groups is 1. The lowest BCUT2D eigenvalue weighted by molar-refractivity contribution is 0.102. The summed E-state index contributed by atoms with van der Waals surface area (Å²) in [5.41, 5.74) is 1.51. The van der Waals surface area contributed by atoms with Crippen molar-refractivity contribution in [3.05, 3.63) is 53.6 Å². The summed E-state index contributed by atoms with van der Waals surface area (Å²) in [7, 11) is -3.09. The van der Waals surface area contributed by atoms with Gasteiger partial charge in [-0.05, 0) is 36.8 Å². The summed E-state index contributed by atoms with van der Waals surface area (Å²) in [5.74, 6) is -0.167. The number of benzene rings is 2. The fourth-order valence-corrected chi connectivity index (χ4v) is 2.39. The van der Waals surface area contributed by atoms with Crippen molar-refractivity contribution in [3.63, 3.8) is 0 Å². The molecule has 0 aliphatic heterocycles. The number of phenolic OH excluding ortho intramolecular Hbond substituents is 1. The molecule has 0 unspecified atom stereocenters. The number of aromatic hydroxyl groups is 1. The SMILES string of the molecule is Cc1ccc(C(=O)Nc2cccc(OCCS(C)(=O)=O)c2)c(O)c1. The highest BCUT2D eigenvalue weighted by Crippen LogP contribution is 2.22. The van der Waals surface area contributed by atoms with Crippen LogP contribution in [0.15, 0.2) is 42.5 Å². The van der Waals surface area contributed by atoms with Crippen LogP contribution in [0.25, 0.3) is 0 Å². The van der Waals surface area contributed by atoms with E-state index in [0.29, 0.717) is 11.4 Å². The van der Waals surface area contributed by atoms with E-state index >= 15 is 0 Å². The number of hydrogen-bond acceptors (Lipinski definition) is 5. The molecule has 0 aromatic heterocycles. The molecule has 0 radical (unpaired) electrons. The second kappa shape index (κ2) is 7.35. The molecule has 0 saturated heterocycles. The lowest BCUT2D eigenvalue weighted by Gasteiger charge is -2.10. The van der Waals surface area contributed by atoms with Gasteiger partial charge in [-0.2, -0.15) is 0 Å². The highest BCUT2D eigenvalue weighted by molar-refractivity contribution is 7.90. The number of hydrogen-bond donors (Lipinski definition) is 2. The van der Waals surface area contributed by atoms with Gasteiger partial charge in [0.2, 0.25) is 0 Å². The Kier molecular flexibility index (Phi) is 5.46. The first-order valence-electron chi connectivity index (χ1n) is 7.26. The summed E-state index contributed by atoms with van der Waals surface area (Å²) in [4.78, 5) is 12.2. The average Bonchev–Trinajstić information content (AvgIpc) is 2.46. The fourth-order valence-electron chi connectivity index (χ4n) is 2.01. The average molecular weight is 349 g/mol. The molecule has 0 spiro atoms. The minimum atomic E-state index is -3.09. The molecule has 128 valence electrons. The third-order valence-electron chi connectivity index (χ3n) is 3.21. The smallest absolute Gasteiger partial charge is 0.259 e. The summed E-state index contributed by atoms with van der Waals surface area (Å²) < 4.78 is 27.5. The molecule has 2 aromatic carbocycles. The maximum Gasteiger partial charge on any atom is 0.259 e. The predicted molar refractivity (Wildman–Crippen MR) is 92.4 cm³/mol. The Hall–Kier alpha value is -2.54. The molecule has 0 bridgehead atoms. The van der Waals surface area contributed by atoms with Crippen molar-refractivity contribution >= 4 is 21.4 Å². The van der Waals surface area contributed by atoms with Gasteiger partial charge < -0.3 is 15.2 Å². The topological polar surface area (TPSA) is 92.7 Å². The first kappa shape index (κ1) is 17.8. The van der Waals surface area contributed by atoms with Crippen molar-refractivity contribution in [2.24, 2.45) is 0 Å². The van der Waals surface area contributed by atoms with E-state index in [1.807, 2.05) is 6.92 Å². The first-order chi connectivity index (χ1) is 11.2. The van der Waals surface area contributed by atoms with Gasteiger partial charge in [-0.3, -0.25) is 4.79 Å². The van der Waals surface area contributed by atoms with Crippen molar-refractivity contribution in [1.82, 2.24) is 0 Å². The molecule has 6 nitrogen and oxygen atoms in total. The number of carbonyl (C=O) groups is 1. The Morgan fingerprint density at radius 1 is 1.21 bits per heavy atom. The molecule has 1 amide bonds. The third-order valence-corrected chi connectivity index (χ3v) is 4.12. The van der Waals surface area contributed by atoms with Gasteiger partial charge in [0.1, 0.15) is 18.1 Å². The van der Waals surface area contributed by atoms with Crippen molar-refractivity contribution in [2.75, 3.05) is 23.9 Å². The summed E-state index contributed by atoms with van der Waals surface area (Å²) in [6.45, 7) is 1.85. The van der Waals surface area contributed by atoms with Crippen molar-refractivity contribution < 1.29 is 23.1 Å². The number of amides is 1. The van der Waals surface area contributed by atoms with Gasteiger partial charge in [0.25, 0.3) is 5.91 Å². The van der Waals surface area contributed by atoms with Crippen molar-refractivity contribution in [2.45, 2.75) is 6.92 Å². The molecule has 0 saturated carbocycles. The minimum absolute atomic E-state index is 0.0367. The van der Waals surface area contributed by atoms with Gasteiger partial charge in [-0.1, -0.05) is 12.1 Å². The molecule has 2 rings (SSSR count). The standard InChI is InChI=1S/C17H19NO5S/c1-12-6-7-15(16(19)10-12)17(20)18-13-4-3-5-14(11-13)23-8-9-24(2,21)22/h3-7,10-11,19H,8-9H2,1-2H3,(H,18,20). The van der Waals surface area contributed by atoms with E-state index in [4.69, 9.17) is 4.74 Å². The van der Waals surface area contributed by atoms with E-state index in [2.05, 4.69) is 5.32 Å². The Labute approximate surface area is 141 Å². The second-order valence-corrected chi connectivity index (χ2v) is 7.74. The molecule has 2 N–H and O–H groups in total. The highest BCUT2D eigenvalue weighted by Gasteiger charge is 2.11. The Balaban J connectivity index is 2.04. The van der Waals surface area contributed by atoms with Crippen LogP contribution in [0.4, 0.5) is 5.69 Å². The Morgan fingerprint density at radius 2 is 1.96 bits per heavy atom. The van der Waals surface area contributed by atoms with Crippen LogP contribution in [0, 0.1) is 6.92 Å². The Morgan fingerprint density at radius 3 is 2.62 bits per heavy atom. The van der Waals surface area contributed by atoms with Gasteiger partial charge in [0.05, 0.1) is 11.3 Å². The summed E-state index contributed by atoms with van der Waals surface area (Å²) in [5, 5.41) is 12.5. The monoisotopic (exact) mass is 349 g/mol. The maximum absolute atomic E-state index is 12.2. The summed E-state index contributed by atoms with van der Waals surface area (Å²) in [6.07, 6.45) is 1.14. The second-order valence-electron chi connectivity index (χ2n) is 5.48. The van der Waals surface area contributed by atoms with Gasteiger partial charge in [0, 0.05) is 18.0 Å². The molecule has 24 heavy (non-hydrogen) atoms. The molecule has 2 aromatic rings. The largest absolute Gasteiger partial charge is 0.507 e. The maximum atomic E-state index is 12.2. The van der Waals surface area contributed by atoms with E-state index in [-0.39, 0.29) is 23.7 Å². The van der Waals surface area contributed by atoms with E-state index in [0.717, 1.165) is 11.8 Å². The van der Waals surface area contributed by atoms with E-state index in [9.17, 15) is 18.3 Å². The number of anilines is 1. The van der Waals surface area contributed by atoms with Crippen LogP contribution >= 0.6 is 0 Å².